The predicted molar refractivity (Wildman–Crippen MR) is 96.2 cm³/mol. The summed E-state index contributed by atoms with van der Waals surface area (Å²) in [5, 5.41) is 2.52. The molecule has 2 aromatic heterocycles. The quantitative estimate of drug-likeness (QED) is 0.685. The number of aromatic nitrogens is 2. The summed E-state index contributed by atoms with van der Waals surface area (Å²) in [5.41, 5.74) is 2.88. The van der Waals surface area contributed by atoms with E-state index in [4.69, 9.17) is 4.74 Å². The normalized spacial score (nSPS) is 16.7. The van der Waals surface area contributed by atoms with Crippen molar-refractivity contribution in [2.75, 3.05) is 7.11 Å². The Balaban J connectivity index is 2.19. The molecule has 0 saturated heterocycles. The fraction of sp³-hybridized carbons (Fsp3) is 0.556. The number of aromatic amines is 1. The van der Waals surface area contributed by atoms with Gasteiger partial charge in [-0.3, -0.25) is 0 Å². The van der Waals surface area contributed by atoms with Crippen LogP contribution in [0, 0.1) is 0 Å². The van der Waals surface area contributed by atoms with E-state index in [2.05, 4.69) is 29.6 Å². The third-order valence-electron chi connectivity index (χ3n) is 4.88. The number of fused-ring (bicyclic) bond motifs is 1. The van der Waals surface area contributed by atoms with Gasteiger partial charge in [-0.25, -0.2) is 9.78 Å². The second-order valence-corrected chi connectivity index (χ2v) is 12.6. The van der Waals surface area contributed by atoms with Gasteiger partial charge in [0.25, 0.3) is 0 Å². The van der Waals surface area contributed by atoms with Crippen molar-refractivity contribution in [2.24, 2.45) is 0 Å². The van der Waals surface area contributed by atoms with Gasteiger partial charge < -0.3 is 9.72 Å². The van der Waals surface area contributed by atoms with Crippen LogP contribution in [0.5, 0.6) is 0 Å². The molecule has 0 bridgehead atoms. The first-order valence-corrected chi connectivity index (χ1v) is 12.0. The van der Waals surface area contributed by atoms with Crippen LogP contribution in [0.2, 0.25) is 19.6 Å². The Bertz CT molecular complexity index is 724. The van der Waals surface area contributed by atoms with Crippen molar-refractivity contribution < 1.29 is 9.53 Å². The zero-order valence-corrected chi connectivity index (χ0v) is 15.5. The van der Waals surface area contributed by atoms with E-state index in [1.165, 1.54) is 50.1 Å². The van der Waals surface area contributed by atoms with Crippen molar-refractivity contribution in [3.05, 3.63) is 23.4 Å². The van der Waals surface area contributed by atoms with Crippen LogP contribution in [0.1, 0.15) is 53.9 Å². The number of hydrogen-bond donors (Lipinski definition) is 1. The number of H-pyrrole nitrogens is 1. The lowest BCUT2D eigenvalue weighted by Crippen LogP contribution is -2.41. The molecule has 1 saturated carbocycles. The van der Waals surface area contributed by atoms with Crippen LogP contribution < -0.4 is 5.32 Å². The Morgan fingerprint density at radius 1 is 1.26 bits per heavy atom. The van der Waals surface area contributed by atoms with Crippen molar-refractivity contribution in [2.45, 2.75) is 57.7 Å². The number of pyridine rings is 1. The van der Waals surface area contributed by atoms with Crippen LogP contribution in [0.3, 0.4) is 0 Å². The molecule has 3 rings (SSSR count). The smallest absolute Gasteiger partial charge is 0.339 e. The maximum atomic E-state index is 11.9. The largest absolute Gasteiger partial charge is 0.465 e. The molecule has 0 aliphatic heterocycles. The highest BCUT2D eigenvalue weighted by Gasteiger charge is 2.30. The van der Waals surface area contributed by atoms with Gasteiger partial charge in [0.15, 0.2) is 0 Å². The lowest BCUT2D eigenvalue weighted by molar-refractivity contribution is 0.0600. The monoisotopic (exact) mass is 330 g/mol. The van der Waals surface area contributed by atoms with Gasteiger partial charge in [-0.15, -0.1) is 0 Å². The molecule has 1 aliphatic rings. The van der Waals surface area contributed by atoms with Crippen molar-refractivity contribution in [3.8, 4) is 0 Å². The second-order valence-electron chi connectivity index (χ2n) is 7.61. The fourth-order valence-corrected chi connectivity index (χ4v) is 5.37. The molecule has 1 fully saturated rings. The molecule has 0 spiro atoms. The Kier molecular flexibility index (Phi) is 4.32. The van der Waals surface area contributed by atoms with Gasteiger partial charge in [-0.1, -0.05) is 38.9 Å². The molecule has 0 amide bonds. The first-order chi connectivity index (χ1) is 10.9. The summed E-state index contributed by atoms with van der Waals surface area (Å²) in [6, 6.07) is 1.97. The molecule has 0 atom stereocenters. The highest BCUT2D eigenvalue weighted by Crippen LogP contribution is 2.36. The van der Waals surface area contributed by atoms with E-state index in [-0.39, 0.29) is 5.97 Å². The third-order valence-corrected chi connectivity index (χ3v) is 6.77. The SMILES string of the molecule is COC(=O)c1cnc2[nH]c([Si](C)(C)C)c(C3CCCCC3)c2c1. The minimum atomic E-state index is -1.51. The number of rotatable bonds is 3. The van der Waals surface area contributed by atoms with E-state index in [9.17, 15) is 4.79 Å². The Morgan fingerprint density at radius 2 is 1.96 bits per heavy atom. The topological polar surface area (TPSA) is 55.0 Å². The first kappa shape index (κ1) is 16.2. The predicted octanol–water partition coefficient (Wildman–Crippen LogP) is 3.94. The molecule has 2 heterocycles. The van der Waals surface area contributed by atoms with Crippen LogP contribution in [-0.4, -0.2) is 31.1 Å². The van der Waals surface area contributed by atoms with Crippen LogP contribution in [0.15, 0.2) is 12.3 Å². The molecule has 124 valence electrons. The zero-order valence-electron chi connectivity index (χ0n) is 14.5. The molecule has 0 aromatic carbocycles. The molecule has 0 radical (unpaired) electrons. The molecular formula is C18H26N2O2Si. The highest BCUT2D eigenvalue weighted by atomic mass is 28.3. The maximum absolute atomic E-state index is 11.9. The van der Waals surface area contributed by atoms with Gasteiger partial charge in [-0.05, 0) is 30.4 Å². The lowest BCUT2D eigenvalue weighted by atomic mass is 9.84. The summed E-state index contributed by atoms with van der Waals surface area (Å²) in [7, 11) is -0.0937. The lowest BCUT2D eigenvalue weighted by Gasteiger charge is -2.26. The summed E-state index contributed by atoms with van der Waals surface area (Å²) in [5.74, 6) is 0.277. The highest BCUT2D eigenvalue weighted by molar-refractivity contribution is 6.88. The van der Waals surface area contributed by atoms with Crippen molar-refractivity contribution in [1.82, 2.24) is 9.97 Å². The Hall–Kier alpha value is -1.62. The van der Waals surface area contributed by atoms with Gasteiger partial charge in [0, 0.05) is 16.9 Å². The molecule has 23 heavy (non-hydrogen) atoms. The standard InChI is InChI=1S/C18H26N2O2Si/c1-22-18(21)13-10-14-15(12-8-6-5-7-9-12)17(23(2,3)4)20-16(14)19-11-13/h10-12H,5-9H2,1-4H3,(H,19,20). The van der Waals surface area contributed by atoms with Gasteiger partial charge >= 0.3 is 5.97 Å². The van der Waals surface area contributed by atoms with Crippen molar-refractivity contribution in [3.63, 3.8) is 0 Å². The number of carbonyl (C=O) groups excluding carboxylic acids is 1. The summed E-state index contributed by atoms with van der Waals surface area (Å²) >= 11 is 0. The third kappa shape index (κ3) is 3.07. The molecule has 2 aromatic rings. The number of nitrogens with zero attached hydrogens (tertiary/aromatic N) is 1. The van der Waals surface area contributed by atoms with E-state index in [1.54, 1.807) is 6.20 Å². The summed E-state index contributed by atoms with van der Waals surface area (Å²) in [6.45, 7) is 7.10. The minimum Gasteiger partial charge on any atom is -0.465 e. The average Bonchev–Trinajstić information content (AvgIpc) is 2.93. The van der Waals surface area contributed by atoms with Crippen LogP contribution in [-0.2, 0) is 4.74 Å². The van der Waals surface area contributed by atoms with Crippen LogP contribution >= 0.6 is 0 Å². The number of hydrogen-bond acceptors (Lipinski definition) is 3. The number of carbonyl (C=O) groups is 1. The van der Waals surface area contributed by atoms with Gasteiger partial charge in [-0.2, -0.15) is 0 Å². The Labute approximate surface area is 138 Å². The molecular weight excluding hydrogens is 304 g/mol. The fourth-order valence-electron chi connectivity index (χ4n) is 3.73. The van der Waals surface area contributed by atoms with E-state index in [0.29, 0.717) is 11.5 Å². The summed E-state index contributed by atoms with van der Waals surface area (Å²) < 4.78 is 4.86. The number of methoxy groups -OCH3 is 1. The van der Waals surface area contributed by atoms with Crippen LogP contribution in [0.4, 0.5) is 0 Å². The van der Waals surface area contributed by atoms with E-state index in [0.717, 1.165) is 11.0 Å². The summed E-state index contributed by atoms with van der Waals surface area (Å²) in [6.07, 6.45) is 8.04. The molecule has 1 aliphatic carbocycles. The Morgan fingerprint density at radius 3 is 2.57 bits per heavy atom. The zero-order chi connectivity index (χ0) is 16.6. The number of ether oxygens (including phenoxy) is 1. The first-order valence-electron chi connectivity index (χ1n) is 8.52. The van der Waals surface area contributed by atoms with Gasteiger partial charge in [0.2, 0.25) is 0 Å². The van der Waals surface area contributed by atoms with E-state index in [1.807, 2.05) is 6.07 Å². The molecule has 4 nitrogen and oxygen atoms in total. The van der Waals surface area contributed by atoms with Crippen molar-refractivity contribution in [1.29, 1.82) is 0 Å². The molecule has 1 N–H and O–H groups in total. The van der Waals surface area contributed by atoms with Crippen molar-refractivity contribution >= 4 is 30.4 Å². The van der Waals surface area contributed by atoms with Gasteiger partial charge in [0.05, 0.1) is 20.7 Å². The summed E-state index contributed by atoms with van der Waals surface area (Å²) in [4.78, 5) is 20.0. The number of nitrogens with one attached hydrogen (secondary N) is 1. The van der Waals surface area contributed by atoms with Gasteiger partial charge in [0.1, 0.15) is 5.65 Å². The minimum absolute atomic E-state index is 0.315. The molecule has 5 heteroatoms. The molecule has 0 unspecified atom stereocenters. The van der Waals surface area contributed by atoms with Crippen LogP contribution in [0.25, 0.3) is 11.0 Å². The number of esters is 1. The average molecular weight is 331 g/mol. The van der Waals surface area contributed by atoms with E-state index < -0.39 is 8.07 Å². The second kappa shape index (κ2) is 6.11. The maximum Gasteiger partial charge on any atom is 0.339 e. The van der Waals surface area contributed by atoms with E-state index >= 15 is 0 Å².